The number of amides is 1. The minimum Gasteiger partial charge on any atom is -0.451 e. The maximum absolute atomic E-state index is 10.8. The monoisotopic (exact) mass is 179 g/mol. The minimum absolute atomic E-state index is 0.293. The van der Waals surface area contributed by atoms with Gasteiger partial charge in [-0.3, -0.25) is 4.79 Å². The van der Waals surface area contributed by atoms with Gasteiger partial charge in [0.25, 0.3) is 0 Å². The molecule has 1 unspecified atom stereocenters. The number of hydrogen-bond donors (Lipinski definition) is 1. The highest BCUT2D eigenvalue weighted by Crippen LogP contribution is 2.34. The Morgan fingerprint density at radius 2 is 2.08 bits per heavy atom. The quantitative estimate of drug-likeness (QED) is 0.696. The molecule has 0 aliphatic carbocycles. The van der Waals surface area contributed by atoms with Gasteiger partial charge in [0.05, 0.1) is 0 Å². The molecule has 0 bridgehead atoms. The van der Waals surface area contributed by atoms with Crippen LogP contribution in [0.3, 0.4) is 0 Å². The van der Waals surface area contributed by atoms with Crippen molar-refractivity contribution in [1.82, 2.24) is 0 Å². The van der Waals surface area contributed by atoms with Crippen LogP contribution in [0.2, 0.25) is 0 Å². The molecule has 1 heterocycles. The summed E-state index contributed by atoms with van der Waals surface area (Å²) in [5.74, 6) is 0.757. The van der Waals surface area contributed by atoms with E-state index in [4.69, 9.17) is 15.2 Å². The third kappa shape index (κ3) is 1.30. The number of primary amides is 1. The molecule has 13 heavy (non-hydrogen) atoms. The zero-order valence-electron chi connectivity index (χ0n) is 7.11. The van der Waals surface area contributed by atoms with Gasteiger partial charge in [0.1, 0.15) is 0 Å². The Morgan fingerprint density at radius 1 is 1.38 bits per heavy atom. The maximum Gasteiger partial charge on any atom is 0.248 e. The van der Waals surface area contributed by atoms with Crippen molar-refractivity contribution in [1.29, 1.82) is 0 Å². The van der Waals surface area contributed by atoms with E-state index < -0.39 is 5.91 Å². The lowest BCUT2D eigenvalue weighted by molar-refractivity contribution is 0.0678. The van der Waals surface area contributed by atoms with Crippen LogP contribution in [-0.4, -0.2) is 12.2 Å². The molecule has 1 amide bonds. The summed E-state index contributed by atoms with van der Waals surface area (Å²) in [6, 6.07) is 4.88. The van der Waals surface area contributed by atoms with Crippen LogP contribution < -0.4 is 15.2 Å². The van der Waals surface area contributed by atoms with Crippen molar-refractivity contribution in [2.24, 2.45) is 5.73 Å². The van der Waals surface area contributed by atoms with Gasteiger partial charge in [0, 0.05) is 12.5 Å². The first-order chi connectivity index (χ1) is 6.16. The van der Waals surface area contributed by atoms with Gasteiger partial charge >= 0.3 is 0 Å². The second-order valence-corrected chi connectivity index (χ2v) is 2.83. The van der Waals surface area contributed by atoms with Crippen molar-refractivity contribution in [2.45, 2.75) is 13.2 Å². The summed E-state index contributed by atoms with van der Waals surface area (Å²) in [5, 5.41) is 0. The van der Waals surface area contributed by atoms with Crippen LogP contribution in [0.25, 0.3) is 0 Å². The molecule has 2 N–H and O–H groups in total. The van der Waals surface area contributed by atoms with E-state index in [0.717, 1.165) is 0 Å². The Bertz CT molecular complexity index is 362. The van der Waals surface area contributed by atoms with Crippen LogP contribution in [0, 0.1) is 0 Å². The van der Waals surface area contributed by atoms with Crippen molar-refractivity contribution < 1.29 is 14.3 Å². The number of rotatable bonds is 1. The SMILES string of the molecule is CC1Oc2ccc(C(N)=O)cc2O1. The van der Waals surface area contributed by atoms with Crippen LogP contribution in [0.1, 0.15) is 17.3 Å². The summed E-state index contributed by atoms with van der Waals surface area (Å²) >= 11 is 0. The number of carbonyl (C=O) groups is 1. The Labute approximate surface area is 75.2 Å². The third-order valence-corrected chi connectivity index (χ3v) is 1.81. The first-order valence-electron chi connectivity index (χ1n) is 3.94. The van der Waals surface area contributed by atoms with E-state index in [-0.39, 0.29) is 6.29 Å². The van der Waals surface area contributed by atoms with Crippen LogP contribution in [0.5, 0.6) is 11.5 Å². The fraction of sp³-hybridized carbons (Fsp3) is 0.222. The number of fused-ring (bicyclic) bond motifs is 1. The van der Waals surface area contributed by atoms with E-state index in [1.54, 1.807) is 25.1 Å². The summed E-state index contributed by atoms with van der Waals surface area (Å²) in [6.45, 7) is 1.78. The standard InChI is InChI=1S/C9H9NO3/c1-5-12-7-3-2-6(9(10)11)4-8(7)13-5/h2-5H,1H3,(H2,10,11). The highest BCUT2D eigenvalue weighted by molar-refractivity contribution is 5.93. The summed E-state index contributed by atoms with van der Waals surface area (Å²) in [6.07, 6.45) is -0.293. The van der Waals surface area contributed by atoms with Crippen LogP contribution in [-0.2, 0) is 0 Å². The minimum atomic E-state index is -0.467. The summed E-state index contributed by atoms with van der Waals surface area (Å²) in [5.41, 5.74) is 5.53. The number of carbonyl (C=O) groups excluding carboxylic acids is 1. The highest BCUT2D eigenvalue weighted by atomic mass is 16.7. The van der Waals surface area contributed by atoms with Crippen molar-refractivity contribution in [3.8, 4) is 11.5 Å². The van der Waals surface area contributed by atoms with Crippen molar-refractivity contribution in [3.05, 3.63) is 23.8 Å². The maximum atomic E-state index is 10.8. The molecule has 4 heteroatoms. The van der Waals surface area contributed by atoms with Gasteiger partial charge < -0.3 is 15.2 Å². The normalized spacial score (nSPS) is 18.7. The van der Waals surface area contributed by atoms with Crippen molar-refractivity contribution in [2.75, 3.05) is 0 Å². The van der Waals surface area contributed by atoms with Gasteiger partial charge in [-0.2, -0.15) is 0 Å². The summed E-state index contributed by atoms with van der Waals surface area (Å²) in [7, 11) is 0. The predicted octanol–water partition coefficient (Wildman–Crippen LogP) is 0.903. The smallest absolute Gasteiger partial charge is 0.248 e. The van der Waals surface area contributed by atoms with Gasteiger partial charge in [-0.05, 0) is 18.2 Å². The van der Waals surface area contributed by atoms with E-state index in [1.807, 2.05) is 0 Å². The molecule has 68 valence electrons. The van der Waals surface area contributed by atoms with Crippen LogP contribution in [0.15, 0.2) is 18.2 Å². The largest absolute Gasteiger partial charge is 0.451 e. The van der Waals surface area contributed by atoms with Crippen molar-refractivity contribution >= 4 is 5.91 Å². The molecule has 0 radical (unpaired) electrons. The lowest BCUT2D eigenvalue weighted by Gasteiger charge is -1.99. The zero-order valence-corrected chi connectivity index (χ0v) is 7.11. The molecule has 2 rings (SSSR count). The molecular weight excluding hydrogens is 170 g/mol. The summed E-state index contributed by atoms with van der Waals surface area (Å²) in [4.78, 5) is 10.8. The molecule has 1 aromatic rings. The van der Waals surface area contributed by atoms with Gasteiger partial charge in [0.15, 0.2) is 11.5 Å². The number of benzene rings is 1. The lowest BCUT2D eigenvalue weighted by atomic mass is 10.2. The molecule has 1 atom stereocenters. The first kappa shape index (κ1) is 7.91. The molecule has 1 aromatic carbocycles. The Balaban J connectivity index is 2.40. The van der Waals surface area contributed by atoms with Gasteiger partial charge in [0.2, 0.25) is 12.2 Å². The molecule has 1 aliphatic heterocycles. The zero-order chi connectivity index (χ0) is 9.42. The Morgan fingerprint density at radius 3 is 2.77 bits per heavy atom. The van der Waals surface area contributed by atoms with Gasteiger partial charge in [-0.1, -0.05) is 0 Å². The molecule has 0 saturated heterocycles. The first-order valence-corrected chi connectivity index (χ1v) is 3.94. The fourth-order valence-electron chi connectivity index (χ4n) is 1.23. The molecule has 1 aliphatic rings. The fourth-order valence-corrected chi connectivity index (χ4v) is 1.23. The average molecular weight is 179 g/mol. The van der Waals surface area contributed by atoms with E-state index in [2.05, 4.69) is 0 Å². The van der Waals surface area contributed by atoms with Crippen LogP contribution in [0.4, 0.5) is 0 Å². The topological polar surface area (TPSA) is 61.5 Å². The molecular formula is C9H9NO3. The number of ether oxygens (including phenoxy) is 2. The molecule has 0 fully saturated rings. The Hall–Kier alpha value is -1.71. The molecule has 4 nitrogen and oxygen atoms in total. The van der Waals surface area contributed by atoms with Crippen molar-refractivity contribution in [3.63, 3.8) is 0 Å². The summed E-state index contributed by atoms with van der Waals surface area (Å²) < 4.78 is 10.5. The van der Waals surface area contributed by atoms with E-state index in [9.17, 15) is 4.79 Å². The van der Waals surface area contributed by atoms with Crippen LogP contribution >= 0.6 is 0 Å². The van der Waals surface area contributed by atoms with E-state index >= 15 is 0 Å². The van der Waals surface area contributed by atoms with Gasteiger partial charge in [-0.15, -0.1) is 0 Å². The third-order valence-electron chi connectivity index (χ3n) is 1.81. The van der Waals surface area contributed by atoms with Gasteiger partial charge in [-0.25, -0.2) is 0 Å². The number of hydrogen-bond acceptors (Lipinski definition) is 3. The predicted molar refractivity (Wildman–Crippen MR) is 45.7 cm³/mol. The Kier molecular flexibility index (Phi) is 1.62. The highest BCUT2D eigenvalue weighted by Gasteiger charge is 2.20. The molecule has 0 aromatic heterocycles. The van der Waals surface area contributed by atoms with E-state index in [1.165, 1.54) is 0 Å². The number of nitrogens with two attached hydrogens (primary N) is 1. The second-order valence-electron chi connectivity index (χ2n) is 2.83. The lowest BCUT2D eigenvalue weighted by Crippen LogP contribution is -2.11. The average Bonchev–Trinajstić information content (AvgIpc) is 2.42. The molecule has 0 saturated carbocycles. The second kappa shape index (κ2) is 2.65. The molecule has 0 spiro atoms. The van der Waals surface area contributed by atoms with E-state index in [0.29, 0.717) is 17.1 Å².